The van der Waals surface area contributed by atoms with E-state index in [2.05, 4.69) is 4.52 Å². The first-order chi connectivity index (χ1) is 19.4. The van der Waals surface area contributed by atoms with Gasteiger partial charge in [0, 0.05) is 12.5 Å². The summed E-state index contributed by atoms with van der Waals surface area (Å²) < 4.78 is 288. The number of nitrogens with two attached hydrogens (primary N) is 1. The van der Waals surface area contributed by atoms with Crippen LogP contribution in [0.2, 0.25) is 0 Å². The summed E-state index contributed by atoms with van der Waals surface area (Å²) >= 11 is 0. The SMILES string of the molecule is NC1CCCCC1.O=P(O)(O)OCCC(F)(F)C(F)(F)C(F)(F)C(F)(F)C(F)(F)C(F)(F)C(F)(F)C(F)(F)C(F)(F)C(F)(F)F. The monoisotopic (exact) mass is 743 g/mol. The minimum atomic E-state index is -9.26. The Morgan fingerprint density at radius 1 is 0.533 bits per heavy atom. The molecule has 1 aliphatic carbocycles. The van der Waals surface area contributed by atoms with Crippen molar-refractivity contribution in [1.82, 2.24) is 0 Å². The van der Waals surface area contributed by atoms with E-state index in [1.165, 1.54) is 32.1 Å². The Morgan fingerprint density at radius 2 is 0.822 bits per heavy atom. The van der Waals surface area contributed by atoms with E-state index >= 15 is 0 Å². The second kappa shape index (κ2) is 12.9. The molecule has 0 amide bonds. The minimum Gasteiger partial charge on any atom is -0.328 e. The lowest BCUT2D eigenvalue weighted by atomic mass is 9.86. The van der Waals surface area contributed by atoms with Crippen molar-refractivity contribution in [1.29, 1.82) is 0 Å². The van der Waals surface area contributed by atoms with Crippen molar-refractivity contribution in [3.8, 4) is 0 Å². The van der Waals surface area contributed by atoms with Gasteiger partial charge in [-0.25, -0.2) is 4.57 Å². The molecule has 0 aromatic carbocycles. The van der Waals surface area contributed by atoms with Crippen molar-refractivity contribution < 1.29 is 111 Å². The van der Waals surface area contributed by atoms with E-state index in [-0.39, 0.29) is 0 Å². The highest BCUT2D eigenvalue weighted by molar-refractivity contribution is 7.46. The van der Waals surface area contributed by atoms with Crippen LogP contribution in [0.5, 0.6) is 0 Å². The molecule has 272 valence electrons. The van der Waals surface area contributed by atoms with Crippen molar-refractivity contribution in [3.63, 3.8) is 0 Å². The number of halogens is 21. The zero-order chi connectivity index (χ0) is 36.7. The summed E-state index contributed by atoms with van der Waals surface area (Å²) in [4.78, 5) is 16.2. The highest BCUT2D eigenvalue weighted by atomic mass is 31.2. The molecule has 1 saturated carbocycles. The van der Waals surface area contributed by atoms with Gasteiger partial charge in [0.05, 0.1) is 6.61 Å². The molecule has 4 N–H and O–H groups in total. The molecule has 0 bridgehead atoms. The first kappa shape index (κ1) is 43.6. The Bertz CT molecular complexity index is 1040. The second-order valence-corrected chi connectivity index (χ2v) is 10.5. The summed E-state index contributed by atoms with van der Waals surface area (Å²) in [6.45, 7) is -2.52. The molecule has 0 aromatic rings. The third-order valence-electron chi connectivity index (χ3n) is 5.90. The van der Waals surface area contributed by atoms with Crippen LogP contribution in [-0.4, -0.2) is 81.9 Å². The molecule has 0 radical (unpaired) electrons. The van der Waals surface area contributed by atoms with Crippen LogP contribution < -0.4 is 5.73 Å². The summed E-state index contributed by atoms with van der Waals surface area (Å²) in [6, 6.07) is 0.536. The maximum absolute atomic E-state index is 13.5. The molecule has 1 rings (SSSR count). The Morgan fingerprint density at radius 3 is 1.07 bits per heavy atom. The molecule has 1 fully saturated rings. The molecule has 0 aliphatic heterocycles. The quantitative estimate of drug-likeness (QED) is 0.139. The topological polar surface area (TPSA) is 92.8 Å². The van der Waals surface area contributed by atoms with Crippen LogP contribution in [-0.2, 0) is 9.09 Å². The van der Waals surface area contributed by atoms with E-state index in [0.717, 1.165) is 0 Å². The molecule has 0 atom stereocenters. The second-order valence-electron chi connectivity index (χ2n) is 9.27. The number of alkyl halides is 21. The fourth-order valence-corrected chi connectivity index (χ4v) is 3.50. The van der Waals surface area contributed by atoms with Crippen LogP contribution >= 0.6 is 7.82 Å². The van der Waals surface area contributed by atoms with E-state index in [9.17, 15) is 96.8 Å². The predicted molar refractivity (Wildman–Crippen MR) is 104 cm³/mol. The molecular formula is C18H19F21NO4P. The molecule has 5 nitrogen and oxygen atoms in total. The average molecular weight is 743 g/mol. The van der Waals surface area contributed by atoms with Crippen molar-refractivity contribution in [2.24, 2.45) is 5.73 Å². The van der Waals surface area contributed by atoms with Gasteiger partial charge in [0.25, 0.3) is 0 Å². The maximum atomic E-state index is 13.5. The number of phosphoric ester groups is 1. The third-order valence-corrected chi connectivity index (χ3v) is 6.42. The van der Waals surface area contributed by atoms with Gasteiger partial charge >= 0.3 is 67.3 Å². The van der Waals surface area contributed by atoms with Gasteiger partial charge in [-0.2, -0.15) is 92.2 Å². The van der Waals surface area contributed by atoms with Gasteiger partial charge in [0.15, 0.2) is 0 Å². The normalized spacial score (nSPS) is 18.0. The van der Waals surface area contributed by atoms with Gasteiger partial charge < -0.3 is 15.5 Å². The lowest BCUT2D eigenvalue weighted by molar-refractivity contribution is -0.474. The molecular weight excluding hydrogens is 724 g/mol. The lowest BCUT2D eigenvalue weighted by Gasteiger charge is -2.44. The van der Waals surface area contributed by atoms with Crippen molar-refractivity contribution >= 4 is 7.82 Å². The lowest BCUT2D eigenvalue weighted by Crippen LogP contribution is -2.76. The first-order valence-electron chi connectivity index (χ1n) is 11.3. The van der Waals surface area contributed by atoms with E-state index < -0.39 is 80.3 Å². The Labute approximate surface area is 236 Å². The molecule has 0 unspecified atom stereocenters. The Hall–Kier alpha value is -1.40. The van der Waals surface area contributed by atoms with Crippen molar-refractivity contribution in [3.05, 3.63) is 0 Å². The van der Waals surface area contributed by atoms with Crippen LogP contribution in [0.25, 0.3) is 0 Å². The molecule has 45 heavy (non-hydrogen) atoms. The van der Waals surface area contributed by atoms with Crippen molar-refractivity contribution in [2.45, 2.75) is 104 Å². The van der Waals surface area contributed by atoms with Crippen LogP contribution in [0.1, 0.15) is 38.5 Å². The number of hydrogen-bond donors (Lipinski definition) is 3. The van der Waals surface area contributed by atoms with E-state index in [1.54, 1.807) is 0 Å². The number of hydrogen-bond acceptors (Lipinski definition) is 3. The largest absolute Gasteiger partial charge is 0.469 e. The highest BCUT2D eigenvalue weighted by Crippen LogP contribution is 2.66. The standard InChI is InChI=1S/C12H6F21O4P.C6H13N/c13-3(14,1-2-37-38(34,35)36)4(15,16)5(17,18)6(19,20)7(21,22)8(23,24)9(25,26)10(27,28)11(29,30)12(31,32)33;7-6-4-2-1-3-5-6/h1-2H2,(H2,34,35,36);6H,1-5,7H2. The third kappa shape index (κ3) is 7.68. The Balaban J connectivity index is 0.00000241. The van der Waals surface area contributed by atoms with Crippen LogP contribution in [0.3, 0.4) is 0 Å². The molecule has 0 heterocycles. The van der Waals surface area contributed by atoms with Gasteiger partial charge in [0.1, 0.15) is 0 Å². The van der Waals surface area contributed by atoms with E-state index in [0.29, 0.717) is 6.04 Å². The van der Waals surface area contributed by atoms with Gasteiger partial charge in [-0.15, -0.1) is 0 Å². The van der Waals surface area contributed by atoms with Gasteiger partial charge in [-0.1, -0.05) is 19.3 Å². The number of phosphoric acid groups is 1. The smallest absolute Gasteiger partial charge is 0.328 e. The first-order valence-corrected chi connectivity index (χ1v) is 12.8. The molecule has 1 aliphatic rings. The van der Waals surface area contributed by atoms with Crippen LogP contribution in [0, 0.1) is 0 Å². The summed E-state index contributed by atoms with van der Waals surface area (Å²) in [5.41, 5.74) is 5.63. The summed E-state index contributed by atoms with van der Waals surface area (Å²) in [6.07, 6.45) is -4.65. The van der Waals surface area contributed by atoms with Gasteiger partial charge in [-0.3, -0.25) is 4.52 Å². The molecule has 0 spiro atoms. The number of rotatable bonds is 12. The average Bonchev–Trinajstić information content (AvgIpc) is 2.82. The predicted octanol–water partition coefficient (Wildman–Crippen LogP) is 8.04. The summed E-state index contributed by atoms with van der Waals surface area (Å²) in [5.74, 6) is -78.1. The Kier molecular flexibility index (Phi) is 12.5. The fourth-order valence-electron chi connectivity index (χ4n) is 3.17. The summed E-state index contributed by atoms with van der Waals surface area (Å²) in [7, 11) is -5.92. The zero-order valence-corrected chi connectivity index (χ0v) is 22.1. The zero-order valence-electron chi connectivity index (χ0n) is 21.2. The highest BCUT2D eigenvalue weighted by Gasteiger charge is 2.97. The van der Waals surface area contributed by atoms with Gasteiger partial charge in [-0.05, 0) is 12.8 Å². The molecule has 27 heteroatoms. The van der Waals surface area contributed by atoms with Crippen molar-refractivity contribution in [2.75, 3.05) is 6.61 Å². The minimum absolute atomic E-state index is 0.536. The van der Waals surface area contributed by atoms with E-state index in [4.69, 9.17) is 15.5 Å². The molecule has 0 saturated heterocycles. The van der Waals surface area contributed by atoms with Crippen LogP contribution in [0.4, 0.5) is 92.2 Å². The van der Waals surface area contributed by atoms with Crippen LogP contribution in [0.15, 0.2) is 0 Å². The summed E-state index contributed by atoms with van der Waals surface area (Å²) in [5, 5.41) is 0. The van der Waals surface area contributed by atoms with Gasteiger partial charge in [0.2, 0.25) is 0 Å². The molecule has 0 aromatic heterocycles. The fraction of sp³-hybridized carbons (Fsp3) is 1.00. The maximum Gasteiger partial charge on any atom is 0.469 e. The van der Waals surface area contributed by atoms with E-state index in [1.807, 2.05) is 0 Å².